The Morgan fingerprint density at radius 2 is 2.37 bits per heavy atom. The smallest absolute Gasteiger partial charge is 0.293 e. The highest BCUT2D eigenvalue weighted by Gasteiger charge is 2.17. The van der Waals surface area contributed by atoms with Crippen LogP contribution in [0.5, 0.6) is 0 Å². The number of hydrogen-bond donors (Lipinski definition) is 2. The van der Waals surface area contributed by atoms with Gasteiger partial charge in [-0.15, -0.1) is 0 Å². The molecule has 2 N–H and O–H groups in total. The summed E-state index contributed by atoms with van der Waals surface area (Å²) in [5.41, 5.74) is 0.480. The molecule has 7 nitrogen and oxygen atoms in total. The lowest BCUT2D eigenvalue weighted by molar-refractivity contribution is -0.384. The lowest BCUT2D eigenvalue weighted by atomic mass is 10.1. The van der Waals surface area contributed by atoms with E-state index in [4.69, 9.17) is 5.26 Å². The molecular weight excluding hydrogens is 246 g/mol. The van der Waals surface area contributed by atoms with Gasteiger partial charge in [0.25, 0.3) is 5.69 Å². The molecule has 0 spiro atoms. The minimum absolute atomic E-state index is 0.127. The van der Waals surface area contributed by atoms with Crippen LogP contribution in [0.3, 0.4) is 0 Å². The van der Waals surface area contributed by atoms with Gasteiger partial charge in [0.05, 0.1) is 22.6 Å². The van der Waals surface area contributed by atoms with Gasteiger partial charge < -0.3 is 10.3 Å². The largest absolute Gasteiger partial charge is 0.370 e. The maximum absolute atomic E-state index is 11.0. The molecular formula is C12H11N5O2. The van der Waals surface area contributed by atoms with Gasteiger partial charge in [-0.05, 0) is 19.1 Å². The zero-order valence-electron chi connectivity index (χ0n) is 10.1. The summed E-state index contributed by atoms with van der Waals surface area (Å²) >= 11 is 0. The maximum atomic E-state index is 11.0. The van der Waals surface area contributed by atoms with Gasteiger partial charge in [-0.3, -0.25) is 10.1 Å². The number of rotatable bonds is 4. The first-order chi connectivity index (χ1) is 9.11. The van der Waals surface area contributed by atoms with Crippen molar-refractivity contribution in [3.63, 3.8) is 0 Å². The van der Waals surface area contributed by atoms with Crippen molar-refractivity contribution in [2.24, 2.45) is 0 Å². The van der Waals surface area contributed by atoms with Crippen molar-refractivity contribution >= 4 is 11.4 Å². The quantitative estimate of drug-likeness (QED) is 0.645. The first-order valence-corrected chi connectivity index (χ1v) is 5.56. The van der Waals surface area contributed by atoms with Gasteiger partial charge in [-0.1, -0.05) is 0 Å². The number of aromatic amines is 1. The van der Waals surface area contributed by atoms with Crippen LogP contribution in [0, 0.1) is 21.4 Å². The molecule has 1 heterocycles. The molecule has 1 aromatic heterocycles. The zero-order chi connectivity index (χ0) is 13.8. The predicted octanol–water partition coefficient (Wildman–Crippen LogP) is 2.36. The monoisotopic (exact) mass is 257 g/mol. The van der Waals surface area contributed by atoms with Gasteiger partial charge in [0.1, 0.15) is 11.5 Å². The standard InChI is InChI=1S/C12H11N5O2/c1-8(12-14-4-5-15-12)16-10-3-2-9(7-13)6-11(10)17(18)19/h2-6,8,16H,1H3,(H,14,15). The number of nitrogens with zero attached hydrogens (tertiary/aromatic N) is 3. The number of nitriles is 1. The van der Waals surface area contributed by atoms with E-state index in [9.17, 15) is 10.1 Å². The Morgan fingerprint density at radius 3 is 2.95 bits per heavy atom. The van der Waals surface area contributed by atoms with Gasteiger partial charge in [-0.2, -0.15) is 5.26 Å². The number of aromatic nitrogens is 2. The number of nitro benzene ring substituents is 1. The third-order valence-corrected chi connectivity index (χ3v) is 2.63. The fourth-order valence-corrected chi connectivity index (χ4v) is 1.69. The number of hydrogen-bond acceptors (Lipinski definition) is 5. The summed E-state index contributed by atoms with van der Waals surface area (Å²) in [6.45, 7) is 1.83. The maximum Gasteiger partial charge on any atom is 0.293 e. The highest BCUT2D eigenvalue weighted by Crippen LogP contribution is 2.28. The number of anilines is 1. The highest BCUT2D eigenvalue weighted by molar-refractivity contribution is 5.64. The summed E-state index contributed by atoms with van der Waals surface area (Å²) in [5.74, 6) is 0.679. The molecule has 0 amide bonds. The van der Waals surface area contributed by atoms with Crippen molar-refractivity contribution in [3.05, 3.63) is 52.1 Å². The number of nitro groups is 1. The molecule has 0 aliphatic rings. The van der Waals surface area contributed by atoms with Gasteiger partial charge in [0, 0.05) is 18.5 Å². The summed E-state index contributed by atoms with van der Waals surface area (Å²) in [7, 11) is 0. The molecule has 1 aromatic carbocycles. The van der Waals surface area contributed by atoms with E-state index in [0.717, 1.165) is 0 Å². The van der Waals surface area contributed by atoms with E-state index in [2.05, 4.69) is 15.3 Å². The van der Waals surface area contributed by atoms with Gasteiger partial charge in [0.15, 0.2) is 0 Å². The van der Waals surface area contributed by atoms with Crippen molar-refractivity contribution in [1.29, 1.82) is 5.26 Å². The van der Waals surface area contributed by atoms with Crippen molar-refractivity contribution < 1.29 is 4.92 Å². The van der Waals surface area contributed by atoms with Crippen LogP contribution in [-0.2, 0) is 0 Å². The molecule has 0 bridgehead atoms. The van der Waals surface area contributed by atoms with Gasteiger partial charge in [0.2, 0.25) is 0 Å². The highest BCUT2D eigenvalue weighted by atomic mass is 16.6. The fraction of sp³-hybridized carbons (Fsp3) is 0.167. The second kappa shape index (κ2) is 5.18. The molecule has 19 heavy (non-hydrogen) atoms. The SMILES string of the molecule is CC(Nc1ccc(C#N)cc1[N+](=O)[O-])c1ncc[nH]1. The molecule has 7 heteroatoms. The number of H-pyrrole nitrogens is 1. The van der Waals surface area contributed by atoms with E-state index in [1.165, 1.54) is 18.2 Å². The normalized spacial score (nSPS) is 11.6. The molecule has 0 aliphatic carbocycles. The summed E-state index contributed by atoms with van der Waals surface area (Å²) in [4.78, 5) is 17.5. The van der Waals surface area contributed by atoms with Crippen LogP contribution in [0.1, 0.15) is 24.4 Å². The zero-order valence-corrected chi connectivity index (χ0v) is 10.1. The van der Waals surface area contributed by atoms with E-state index in [-0.39, 0.29) is 17.3 Å². The van der Waals surface area contributed by atoms with Crippen LogP contribution in [0.15, 0.2) is 30.6 Å². The second-order valence-electron chi connectivity index (χ2n) is 3.94. The Labute approximate surface area is 109 Å². The van der Waals surface area contributed by atoms with E-state index < -0.39 is 4.92 Å². The van der Waals surface area contributed by atoms with Crippen LogP contribution in [0.4, 0.5) is 11.4 Å². The van der Waals surface area contributed by atoms with Crippen molar-refractivity contribution in [3.8, 4) is 6.07 Å². The first kappa shape index (κ1) is 12.6. The third-order valence-electron chi connectivity index (χ3n) is 2.63. The van der Waals surface area contributed by atoms with Crippen LogP contribution in [0.25, 0.3) is 0 Å². The van der Waals surface area contributed by atoms with Crippen LogP contribution < -0.4 is 5.32 Å². The molecule has 0 saturated heterocycles. The minimum Gasteiger partial charge on any atom is -0.370 e. The molecule has 0 aliphatic heterocycles. The number of nitrogens with one attached hydrogen (secondary N) is 2. The van der Waals surface area contributed by atoms with E-state index in [0.29, 0.717) is 11.5 Å². The molecule has 0 fully saturated rings. The van der Waals surface area contributed by atoms with Crippen molar-refractivity contribution in [2.45, 2.75) is 13.0 Å². The minimum atomic E-state index is -0.516. The Balaban J connectivity index is 2.30. The third kappa shape index (κ3) is 2.69. The predicted molar refractivity (Wildman–Crippen MR) is 68.4 cm³/mol. The summed E-state index contributed by atoms with van der Waals surface area (Å²) in [5, 5.41) is 22.8. The molecule has 1 atom stereocenters. The second-order valence-corrected chi connectivity index (χ2v) is 3.94. The molecule has 96 valence electrons. The first-order valence-electron chi connectivity index (χ1n) is 5.56. The number of benzene rings is 1. The lowest BCUT2D eigenvalue weighted by Crippen LogP contribution is -2.10. The van der Waals surface area contributed by atoms with Crippen molar-refractivity contribution in [1.82, 2.24) is 9.97 Å². The van der Waals surface area contributed by atoms with E-state index >= 15 is 0 Å². The van der Waals surface area contributed by atoms with E-state index in [1.54, 1.807) is 12.4 Å². The van der Waals surface area contributed by atoms with Crippen molar-refractivity contribution in [2.75, 3.05) is 5.32 Å². The summed E-state index contributed by atoms with van der Waals surface area (Å²) in [6.07, 6.45) is 3.29. The Bertz CT molecular complexity index is 630. The topological polar surface area (TPSA) is 108 Å². The molecule has 0 saturated carbocycles. The Morgan fingerprint density at radius 1 is 1.58 bits per heavy atom. The molecule has 0 radical (unpaired) electrons. The van der Waals surface area contributed by atoms with Crippen LogP contribution in [-0.4, -0.2) is 14.9 Å². The lowest BCUT2D eigenvalue weighted by Gasteiger charge is -2.13. The Hall–Kier alpha value is -2.88. The van der Waals surface area contributed by atoms with E-state index in [1.807, 2.05) is 13.0 Å². The average molecular weight is 257 g/mol. The average Bonchev–Trinajstić information content (AvgIpc) is 2.92. The van der Waals surface area contributed by atoms with Crippen LogP contribution >= 0.6 is 0 Å². The van der Waals surface area contributed by atoms with Crippen LogP contribution in [0.2, 0.25) is 0 Å². The molecule has 2 rings (SSSR count). The fourth-order valence-electron chi connectivity index (χ4n) is 1.69. The Kier molecular flexibility index (Phi) is 3.43. The summed E-state index contributed by atoms with van der Waals surface area (Å²) in [6, 6.07) is 5.98. The molecule has 1 unspecified atom stereocenters. The number of imidazole rings is 1. The summed E-state index contributed by atoms with van der Waals surface area (Å²) < 4.78 is 0. The molecule has 2 aromatic rings. The van der Waals surface area contributed by atoms with Gasteiger partial charge >= 0.3 is 0 Å². The van der Waals surface area contributed by atoms with Gasteiger partial charge in [-0.25, -0.2) is 4.98 Å².